The molecule has 0 saturated carbocycles. The lowest BCUT2D eigenvalue weighted by Crippen LogP contribution is -2.39. The zero-order valence-electron chi connectivity index (χ0n) is 14.3. The number of aromatic amines is 1. The summed E-state index contributed by atoms with van der Waals surface area (Å²) in [5, 5.41) is 4.05. The molecule has 0 saturated heterocycles. The van der Waals surface area contributed by atoms with Crippen molar-refractivity contribution in [2.75, 3.05) is 6.54 Å². The van der Waals surface area contributed by atoms with E-state index >= 15 is 0 Å². The molecule has 0 aliphatic heterocycles. The second-order valence-corrected chi connectivity index (χ2v) is 6.27. The van der Waals surface area contributed by atoms with Crippen LogP contribution in [0.1, 0.15) is 18.3 Å². The predicted molar refractivity (Wildman–Crippen MR) is 102 cm³/mol. The van der Waals surface area contributed by atoms with E-state index in [-0.39, 0.29) is 18.1 Å². The van der Waals surface area contributed by atoms with Crippen LogP contribution < -0.4 is 10.9 Å². The molecule has 0 atom stereocenters. The van der Waals surface area contributed by atoms with Crippen molar-refractivity contribution < 1.29 is 4.79 Å². The molecule has 0 fully saturated rings. The molecule has 0 spiro atoms. The fourth-order valence-electron chi connectivity index (χ4n) is 2.61. The largest absolute Gasteiger partial charge is 0.334 e. The highest BCUT2D eigenvalue weighted by Gasteiger charge is 2.14. The van der Waals surface area contributed by atoms with Crippen molar-refractivity contribution in [3.8, 4) is 0 Å². The Hall–Kier alpha value is -2.86. The minimum atomic E-state index is -0.224. The molecule has 134 valence electrons. The van der Waals surface area contributed by atoms with E-state index < -0.39 is 0 Å². The number of benzene rings is 2. The number of hydrogen-bond donors (Lipinski definition) is 2. The topological polar surface area (TPSA) is 78.1 Å². The van der Waals surface area contributed by atoms with Gasteiger partial charge in [-0.05, 0) is 36.8 Å². The number of aromatic nitrogens is 2. The summed E-state index contributed by atoms with van der Waals surface area (Å²) in [5.41, 5.74) is 1.36. The van der Waals surface area contributed by atoms with Gasteiger partial charge in [0, 0.05) is 18.1 Å². The van der Waals surface area contributed by atoms with Gasteiger partial charge < -0.3 is 15.2 Å². The van der Waals surface area contributed by atoms with Gasteiger partial charge in [-0.3, -0.25) is 4.79 Å². The molecule has 6 nitrogen and oxygen atoms in total. The lowest BCUT2D eigenvalue weighted by molar-refractivity contribution is 0.196. The molecule has 2 aromatic carbocycles. The number of urea groups is 1. The molecule has 0 aliphatic rings. The highest BCUT2D eigenvalue weighted by molar-refractivity contribution is 6.30. The van der Waals surface area contributed by atoms with Crippen molar-refractivity contribution in [2.45, 2.75) is 20.0 Å². The van der Waals surface area contributed by atoms with Gasteiger partial charge in [0.25, 0.3) is 5.56 Å². The summed E-state index contributed by atoms with van der Waals surface area (Å²) in [6, 6.07) is 14.2. The number of hydrogen-bond acceptors (Lipinski definition) is 3. The summed E-state index contributed by atoms with van der Waals surface area (Å²) in [7, 11) is 0. The second-order valence-electron chi connectivity index (χ2n) is 5.83. The number of nitrogens with one attached hydrogen (secondary N) is 2. The Labute approximate surface area is 155 Å². The quantitative estimate of drug-likeness (QED) is 0.723. The number of rotatable bonds is 5. The van der Waals surface area contributed by atoms with Crippen LogP contribution in [0.25, 0.3) is 10.9 Å². The number of fused-ring (bicyclic) bond motifs is 1. The van der Waals surface area contributed by atoms with E-state index in [0.717, 1.165) is 5.56 Å². The van der Waals surface area contributed by atoms with Crippen molar-refractivity contribution in [3.63, 3.8) is 0 Å². The van der Waals surface area contributed by atoms with Crippen LogP contribution in [0.4, 0.5) is 4.79 Å². The molecule has 0 aliphatic carbocycles. The van der Waals surface area contributed by atoms with E-state index in [1.807, 2.05) is 25.1 Å². The summed E-state index contributed by atoms with van der Waals surface area (Å²) in [5.74, 6) is 0.456. The Balaban J connectivity index is 1.69. The van der Waals surface area contributed by atoms with Crippen LogP contribution in [0.5, 0.6) is 0 Å². The molecule has 26 heavy (non-hydrogen) atoms. The lowest BCUT2D eigenvalue weighted by Gasteiger charge is -2.21. The van der Waals surface area contributed by atoms with E-state index in [2.05, 4.69) is 15.3 Å². The van der Waals surface area contributed by atoms with Gasteiger partial charge in [-0.15, -0.1) is 0 Å². The van der Waals surface area contributed by atoms with Gasteiger partial charge in [-0.1, -0.05) is 35.9 Å². The summed E-state index contributed by atoms with van der Waals surface area (Å²) in [4.78, 5) is 33.4. The molecule has 2 N–H and O–H groups in total. The van der Waals surface area contributed by atoms with Crippen molar-refractivity contribution in [2.24, 2.45) is 0 Å². The molecule has 7 heteroatoms. The average molecular weight is 371 g/mol. The molecular formula is C19H19ClN4O2. The van der Waals surface area contributed by atoms with E-state index in [1.165, 1.54) is 0 Å². The van der Waals surface area contributed by atoms with Crippen LogP contribution >= 0.6 is 11.6 Å². The first-order valence-corrected chi connectivity index (χ1v) is 8.69. The highest BCUT2D eigenvalue weighted by atomic mass is 35.5. The first kappa shape index (κ1) is 17.9. The van der Waals surface area contributed by atoms with Crippen molar-refractivity contribution >= 4 is 28.5 Å². The standard InChI is InChI=1S/C19H19ClN4O2/c1-2-24(19(26)21-11-13-7-9-14(20)10-8-13)12-17-22-16-6-4-3-5-15(16)18(25)23-17/h3-10H,2,11-12H2,1H3,(H,21,26)(H,22,23,25). The molecule has 2 amide bonds. The maximum atomic E-state index is 12.4. The van der Waals surface area contributed by atoms with Crippen molar-refractivity contribution in [1.29, 1.82) is 0 Å². The Morgan fingerprint density at radius 3 is 2.65 bits per heavy atom. The van der Waals surface area contributed by atoms with Gasteiger partial charge in [0.15, 0.2) is 0 Å². The normalized spacial score (nSPS) is 10.7. The summed E-state index contributed by atoms with van der Waals surface area (Å²) >= 11 is 5.86. The second kappa shape index (κ2) is 8.01. The van der Waals surface area contributed by atoms with Crippen LogP contribution in [0.2, 0.25) is 5.02 Å². The SMILES string of the molecule is CCN(Cc1nc2ccccc2c(=O)[nH]1)C(=O)NCc1ccc(Cl)cc1. The lowest BCUT2D eigenvalue weighted by atomic mass is 10.2. The minimum absolute atomic E-state index is 0.205. The molecule has 1 aromatic heterocycles. The third-order valence-electron chi connectivity index (χ3n) is 4.03. The Morgan fingerprint density at radius 1 is 1.19 bits per heavy atom. The highest BCUT2D eigenvalue weighted by Crippen LogP contribution is 2.10. The summed E-state index contributed by atoms with van der Waals surface area (Å²) < 4.78 is 0. The Kier molecular flexibility index (Phi) is 5.53. The summed E-state index contributed by atoms with van der Waals surface area (Å²) in [6.45, 7) is 2.99. The van der Waals surface area contributed by atoms with Crippen LogP contribution in [-0.2, 0) is 13.1 Å². The number of halogens is 1. The Bertz CT molecular complexity index is 969. The summed E-state index contributed by atoms with van der Waals surface area (Å²) in [6.07, 6.45) is 0. The van der Waals surface area contributed by atoms with E-state index in [0.29, 0.717) is 34.8 Å². The molecule has 1 heterocycles. The number of carbonyl (C=O) groups is 1. The third-order valence-corrected chi connectivity index (χ3v) is 4.28. The smallest absolute Gasteiger partial charge is 0.318 e. The van der Waals surface area contributed by atoms with Gasteiger partial charge in [-0.2, -0.15) is 0 Å². The van der Waals surface area contributed by atoms with Crippen LogP contribution in [-0.4, -0.2) is 27.4 Å². The number of amides is 2. The van der Waals surface area contributed by atoms with Gasteiger partial charge in [0.05, 0.1) is 17.4 Å². The van der Waals surface area contributed by atoms with E-state index in [4.69, 9.17) is 11.6 Å². The first-order chi connectivity index (χ1) is 12.6. The van der Waals surface area contributed by atoms with Gasteiger partial charge in [0.1, 0.15) is 5.82 Å². The van der Waals surface area contributed by atoms with Gasteiger partial charge in [-0.25, -0.2) is 9.78 Å². The first-order valence-electron chi connectivity index (χ1n) is 8.32. The maximum absolute atomic E-state index is 12.4. The molecule has 0 radical (unpaired) electrons. The maximum Gasteiger partial charge on any atom is 0.318 e. The number of nitrogens with zero attached hydrogens (tertiary/aromatic N) is 2. The number of para-hydroxylation sites is 1. The molecule has 3 rings (SSSR count). The molecular weight excluding hydrogens is 352 g/mol. The molecule has 0 unspecified atom stereocenters. The molecule has 0 bridgehead atoms. The minimum Gasteiger partial charge on any atom is -0.334 e. The fraction of sp³-hybridized carbons (Fsp3) is 0.211. The van der Waals surface area contributed by atoms with Gasteiger partial charge >= 0.3 is 6.03 Å². The van der Waals surface area contributed by atoms with Crippen LogP contribution in [0.3, 0.4) is 0 Å². The van der Waals surface area contributed by atoms with E-state index in [9.17, 15) is 9.59 Å². The van der Waals surface area contributed by atoms with E-state index in [1.54, 1.807) is 35.2 Å². The third kappa shape index (κ3) is 4.21. The zero-order chi connectivity index (χ0) is 18.5. The van der Waals surface area contributed by atoms with Crippen LogP contribution in [0, 0.1) is 0 Å². The fourth-order valence-corrected chi connectivity index (χ4v) is 2.74. The van der Waals surface area contributed by atoms with Crippen LogP contribution in [0.15, 0.2) is 53.3 Å². The Morgan fingerprint density at radius 2 is 1.92 bits per heavy atom. The predicted octanol–water partition coefficient (Wildman–Crippen LogP) is 3.31. The van der Waals surface area contributed by atoms with Gasteiger partial charge in [0.2, 0.25) is 0 Å². The van der Waals surface area contributed by atoms with Crippen molar-refractivity contribution in [3.05, 3.63) is 75.3 Å². The number of carbonyl (C=O) groups excluding carboxylic acids is 1. The molecule has 3 aromatic rings. The average Bonchev–Trinajstić information content (AvgIpc) is 2.65. The monoisotopic (exact) mass is 370 g/mol. The number of H-pyrrole nitrogens is 1. The van der Waals surface area contributed by atoms with Crippen molar-refractivity contribution in [1.82, 2.24) is 20.2 Å². The zero-order valence-corrected chi connectivity index (χ0v) is 15.1.